The van der Waals surface area contributed by atoms with Crippen LogP contribution >= 0.6 is 0 Å². The summed E-state index contributed by atoms with van der Waals surface area (Å²) in [4.78, 5) is 42.0. The van der Waals surface area contributed by atoms with E-state index in [4.69, 9.17) is 0 Å². The number of rotatable bonds is 14. The molecule has 0 unspecified atom stereocenters. The molecule has 3 aromatic carbocycles. The molecule has 0 aromatic heterocycles. The molecule has 7 nitrogen and oxygen atoms in total. The lowest BCUT2D eigenvalue weighted by Gasteiger charge is -2.33. The van der Waals surface area contributed by atoms with Gasteiger partial charge in [-0.2, -0.15) is 0 Å². The van der Waals surface area contributed by atoms with Gasteiger partial charge in [-0.3, -0.25) is 14.4 Å². The highest BCUT2D eigenvalue weighted by Crippen LogP contribution is 2.14. The lowest BCUT2D eigenvalue weighted by molar-refractivity contribution is -0.143. The summed E-state index contributed by atoms with van der Waals surface area (Å²) in [5.74, 6) is -0.941. The molecule has 7 heteroatoms. The number of carbonyl (C=O) groups excluding carboxylic acids is 3. The Bertz CT molecular complexity index is 1200. The van der Waals surface area contributed by atoms with Gasteiger partial charge in [-0.05, 0) is 42.5 Å². The van der Waals surface area contributed by atoms with Crippen molar-refractivity contribution in [3.63, 3.8) is 0 Å². The Balaban J connectivity index is 1.73. The summed E-state index contributed by atoms with van der Waals surface area (Å²) in [6.45, 7) is 4.26. The van der Waals surface area contributed by atoms with Crippen molar-refractivity contribution >= 4 is 17.7 Å². The van der Waals surface area contributed by atoms with Gasteiger partial charge in [0.25, 0.3) is 0 Å². The molecule has 3 amide bonds. The zero-order valence-corrected chi connectivity index (χ0v) is 24.0. The van der Waals surface area contributed by atoms with Crippen molar-refractivity contribution in [2.45, 2.75) is 51.2 Å². The standard InChI is InChI=1S/C33H42N4O3/c1-24(2)30(36-31(38)28(34-3)22-26-16-10-6-11-17-26)33(40)37(4)29(23-27-18-12-7-13-19-27)32(39)35-21-20-25-14-8-5-9-15-25/h5-19,24,28-30,34H,20-23H2,1-4H3,(H,35,39)(H,36,38)/t28-,29-,30-/m0/s1. The number of hydrogen-bond donors (Lipinski definition) is 3. The highest BCUT2D eigenvalue weighted by molar-refractivity contribution is 5.93. The van der Waals surface area contributed by atoms with Crippen LogP contribution in [-0.4, -0.2) is 61.4 Å². The van der Waals surface area contributed by atoms with E-state index in [1.54, 1.807) is 14.1 Å². The maximum absolute atomic E-state index is 13.8. The third-order valence-corrected chi connectivity index (χ3v) is 7.12. The molecular weight excluding hydrogens is 500 g/mol. The summed E-state index contributed by atoms with van der Waals surface area (Å²) >= 11 is 0. The predicted molar refractivity (Wildman–Crippen MR) is 160 cm³/mol. The molecule has 0 heterocycles. The topological polar surface area (TPSA) is 90.5 Å². The van der Waals surface area contributed by atoms with Gasteiger partial charge in [-0.1, -0.05) is 105 Å². The summed E-state index contributed by atoms with van der Waals surface area (Å²) in [5.41, 5.74) is 3.11. The van der Waals surface area contributed by atoms with E-state index in [0.29, 0.717) is 25.8 Å². The van der Waals surface area contributed by atoms with E-state index in [-0.39, 0.29) is 23.6 Å². The Labute approximate surface area is 238 Å². The predicted octanol–water partition coefficient (Wildman–Crippen LogP) is 3.39. The van der Waals surface area contributed by atoms with Gasteiger partial charge < -0.3 is 20.9 Å². The third-order valence-electron chi connectivity index (χ3n) is 7.12. The number of hydrogen-bond acceptors (Lipinski definition) is 4. The SMILES string of the molecule is CN[C@@H](Cc1ccccc1)C(=O)N[C@H](C(=O)N(C)[C@@H](Cc1ccccc1)C(=O)NCCc1ccccc1)C(C)C. The van der Waals surface area contributed by atoms with E-state index in [1.165, 1.54) is 4.90 Å². The van der Waals surface area contributed by atoms with Gasteiger partial charge in [0, 0.05) is 20.0 Å². The molecule has 3 N–H and O–H groups in total. The second-order valence-electron chi connectivity index (χ2n) is 10.4. The zero-order valence-electron chi connectivity index (χ0n) is 24.0. The first-order valence-electron chi connectivity index (χ1n) is 13.9. The van der Waals surface area contributed by atoms with E-state index >= 15 is 0 Å². The average molecular weight is 543 g/mol. The van der Waals surface area contributed by atoms with Gasteiger partial charge in [0.2, 0.25) is 17.7 Å². The van der Waals surface area contributed by atoms with Crippen LogP contribution in [-0.2, 0) is 33.6 Å². The second kappa shape index (κ2) is 15.6. The number of likely N-dealkylation sites (N-methyl/N-ethyl adjacent to an activating group) is 2. The van der Waals surface area contributed by atoms with Gasteiger partial charge in [-0.15, -0.1) is 0 Å². The molecule has 0 saturated carbocycles. The highest BCUT2D eigenvalue weighted by atomic mass is 16.2. The van der Waals surface area contributed by atoms with Crippen molar-refractivity contribution in [3.8, 4) is 0 Å². The molecule has 212 valence electrons. The molecule has 3 aromatic rings. The van der Waals surface area contributed by atoms with E-state index in [0.717, 1.165) is 16.7 Å². The fourth-order valence-corrected chi connectivity index (χ4v) is 4.65. The van der Waals surface area contributed by atoms with Crippen molar-refractivity contribution in [1.82, 2.24) is 20.9 Å². The Morgan fingerprint density at radius 1 is 0.725 bits per heavy atom. The molecule has 3 rings (SSSR count). The Morgan fingerprint density at radius 3 is 1.73 bits per heavy atom. The fraction of sp³-hybridized carbons (Fsp3) is 0.364. The van der Waals surface area contributed by atoms with Crippen LogP contribution in [0.25, 0.3) is 0 Å². The summed E-state index contributed by atoms with van der Waals surface area (Å²) < 4.78 is 0. The summed E-state index contributed by atoms with van der Waals surface area (Å²) in [6, 6.07) is 27.4. The van der Waals surface area contributed by atoms with Crippen molar-refractivity contribution < 1.29 is 14.4 Å². The van der Waals surface area contributed by atoms with Gasteiger partial charge in [-0.25, -0.2) is 0 Å². The van der Waals surface area contributed by atoms with Crippen LogP contribution < -0.4 is 16.0 Å². The maximum Gasteiger partial charge on any atom is 0.245 e. The lowest BCUT2D eigenvalue weighted by atomic mass is 9.98. The monoisotopic (exact) mass is 542 g/mol. The number of benzene rings is 3. The second-order valence-corrected chi connectivity index (χ2v) is 10.4. The third kappa shape index (κ3) is 9.06. The smallest absolute Gasteiger partial charge is 0.245 e. The first-order chi connectivity index (χ1) is 19.3. The van der Waals surface area contributed by atoms with Crippen LogP contribution in [0.3, 0.4) is 0 Å². The molecule has 0 spiro atoms. The van der Waals surface area contributed by atoms with Crippen LogP contribution in [0.15, 0.2) is 91.0 Å². The summed E-state index contributed by atoms with van der Waals surface area (Å²) in [6.07, 6.45) is 1.56. The maximum atomic E-state index is 13.8. The van der Waals surface area contributed by atoms with Gasteiger partial charge in [0.1, 0.15) is 12.1 Å². The van der Waals surface area contributed by atoms with Crippen LogP contribution in [0.5, 0.6) is 0 Å². The van der Waals surface area contributed by atoms with Crippen LogP contribution in [0.4, 0.5) is 0 Å². The molecule has 0 aliphatic heterocycles. The summed E-state index contributed by atoms with van der Waals surface area (Å²) in [7, 11) is 3.38. The molecular formula is C33H42N4O3. The minimum absolute atomic E-state index is 0.174. The fourth-order valence-electron chi connectivity index (χ4n) is 4.65. The molecule has 40 heavy (non-hydrogen) atoms. The number of amides is 3. The molecule has 3 atom stereocenters. The van der Waals surface area contributed by atoms with Gasteiger partial charge in [0.15, 0.2) is 0 Å². The lowest BCUT2D eigenvalue weighted by Crippen LogP contribution is -2.58. The minimum Gasteiger partial charge on any atom is -0.354 e. The van der Waals surface area contributed by atoms with E-state index in [9.17, 15) is 14.4 Å². The van der Waals surface area contributed by atoms with Gasteiger partial charge >= 0.3 is 0 Å². The van der Waals surface area contributed by atoms with Crippen LogP contribution in [0, 0.1) is 5.92 Å². The first-order valence-corrected chi connectivity index (χ1v) is 13.9. The summed E-state index contributed by atoms with van der Waals surface area (Å²) in [5, 5.41) is 9.06. The minimum atomic E-state index is -0.778. The van der Waals surface area contributed by atoms with E-state index in [1.807, 2.05) is 105 Å². The number of nitrogens with zero attached hydrogens (tertiary/aromatic N) is 1. The van der Waals surface area contributed by atoms with Crippen molar-refractivity contribution in [2.75, 3.05) is 20.6 Å². The van der Waals surface area contributed by atoms with Crippen LogP contribution in [0.1, 0.15) is 30.5 Å². The van der Waals surface area contributed by atoms with Gasteiger partial charge in [0.05, 0.1) is 6.04 Å². The molecule has 0 aliphatic carbocycles. The van der Waals surface area contributed by atoms with Crippen molar-refractivity contribution in [3.05, 3.63) is 108 Å². The van der Waals surface area contributed by atoms with E-state index in [2.05, 4.69) is 16.0 Å². The number of carbonyl (C=O) groups is 3. The zero-order chi connectivity index (χ0) is 28.9. The van der Waals surface area contributed by atoms with E-state index < -0.39 is 18.1 Å². The Hall–Kier alpha value is -3.97. The first kappa shape index (κ1) is 30.6. The highest BCUT2D eigenvalue weighted by Gasteiger charge is 2.34. The quantitative estimate of drug-likeness (QED) is 0.291. The molecule has 0 bridgehead atoms. The Morgan fingerprint density at radius 2 is 1.23 bits per heavy atom. The molecule has 0 fully saturated rings. The normalized spacial score (nSPS) is 13.2. The van der Waals surface area contributed by atoms with Crippen molar-refractivity contribution in [1.29, 1.82) is 0 Å². The largest absolute Gasteiger partial charge is 0.354 e. The Kier molecular flexibility index (Phi) is 11.9. The average Bonchev–Trinajstić information content (AvgIpc) is 2.98. The molecule has 0 saturated heterocycles. The van der Waals surface area contributed by atoms with Crippen LogP contribution in [0.2, 0.25) is 0 Å². The molecule has 0 radical (unpaired) electrons. The van der Waals surface area contributed by atoms with Crippen molar-refractivity contribution in [2.24, 2.45) is 5.92 Å². The number of nitrogens with one attached hydrogen (secondary N) is 3. The molecule has 0 aliphatic rings.